The smallest absolute Gasteiger partial charge is 0.311 e. The lowest BCUT2D eigenvalue weighted by molar-refractivity contribution is -0.138. The number of carbonyl (C=O) groups is 1. The normalized spacial score (nSPS) is 12.1. The van der Waals surface area contributed by atoms with E-state index in [9.17, 15) is 14.3 Å². The maximum atomic E-state index is 13.2. The monoisotopic (exact) mass is 278 g/mol. The molecule has 0 saturated carbocycles. The largest absolute Gasteiger partial charge is 0.481 e. The van der Waals surface area contributed by atoms with Gasteiger partial charge in [0.2, 0.25) is 0 Å². The summed E-state index contributed by atoms with van der Waals surface area (Å²) in [4.78, 5) is 11.3. The van der Waals surface area contributed by atoms with Crippen LogP contribution in [0.3, 0.4) is 0 Å². The van der Waals surface area contributed by atoms with Gasteiger partial charge in [-0.05, 0) is 41.8 Å². The van der Waals surface area contributed by atoms with E-state index in [0.717, 1.165) is 5.56 Å². The summed E-state index contributed by atoms with van der Waals surface area (Å²) in [6, 6.07) is 12.7. The molecule has 4 heteroatoms. The predicted octanol–water partition coefficient (Wildman–Crippen LogP) is 3.89. The van der Waals surface area contributed by atoms with E-state index in [2.05, 4.69) is 0 Å². The molecular formula is C15H12ClFO2. The topological polar surface area (TPSA) is 37.3 Å². The van der Waals surface area contributed by atoms with E-state index in [-0.39, 0.29) is 6.42 Å². The van der Waals surface area contributed by atoms with Crippen molar-refractivity contribution in [1.82, 2.24) is 0 Å². The molecule has 0 aliphatic carbocycles. The van der Waals surface area contributed by atoms with E-state index >= 15 is 0 Å². The fourth-order valence-electron chi connectivity index (χ4n) is 1.97. The Morgan fingerprint density at radius 2 is 1.95 bits per heavy atom. The summed E-state index contributed by atoms with van der Waals surface area (Å²) < 4.78 is 13.2. The van der Waals surface area contributed by atoms with Crippen molar-refractivity contribution in [2.45, 2.75) is 12.3 Å². The summed E-state index contributed by atoms with van der Waals surface area (Å²) in [6.45, 7) is 0. The molecule has 0 amide bonds. The molecule has 2 aromatic carbocycles. The Morgan fingerprint density at radius 1 is 1.21 bits per heavy atom. The second kappa shape index (κ2) is 5.85. The van der Waals surface area contributed by atoms with E-state index < -0.39 is 17.7 Å². The van der Waals surface area contributed by atoms with Gasteiger partial charge in [0, 0.05) is 5.02 Å². The molecule has 0 heterocycles. The van der Waals surface area contributed by atoms with Crippen LogP contribution < -0.4 is 0 Å². The van der Waals surface area contributed by atoms with Gasteiger partial charge in [-0.3, -0.25) is 4.79 Å². The minimum atomic E-state index is -0.981. The molecule has 0 bridgehead atoms. The van der Waals surface area contributed by atoms with Gasteiger partial charge in [-0.25, -0.2) is 4.39 Å². The molecule has 0 saturated heterocycles. The van der Waals surface area contributed by atoms with E-state index in [1.54, 1.807) is 30.3 Å². The lowest BCUT2D eigenvalue weighted by Gasteiger charge is -2.13. The number of benzene rings is 2. The van der Waals surface area contributed by atoms with Crippen LogP contribution in [0.1, 0.15) is 17.0 Å². The number of carboxylic acid groups (broad SMARTS) is 1. The fourth-order valence-corrected chi connectivity index (χ4v) is 2.18. The van der Waals surface area contributed by atoms with Crippen LogP contribution in [-0.2, 0) is 11.2 Å². The zero-order valence-corrected chi connectivity index (χ0v) is 10.8. The molecule has 0 radical (unpaired) electrons. The van der Waals surface area contributed by atoms with Crippen LogP contribution in [0.15, 0.2) is 48.5 Å². The summed E-state index contributed by atoms with van der Waals surface area (Å²) in [7, 11) is 0. The average molecular weight is 279 g/mol. The van der Waals surface area contributed by atoms with Crippen molar-refractivity contribution in [3.8, 4) is 0 Å². The molecule has 98 valence electrons. The van der Waals surface area contributed by atoms with Crippen LogP contribution in [0, 0.1) is 5.82 Å². The first kappa shape index (κ1) is 13.6. The van der Waals surface area contributed by atoms with Gasteiger partial charge in [0.05, 0.1) is 5.92 Å². The van der Waals surface area contributed by atoms with Crippen molar-refractivity contribution in [2.75, 3.05) is 0 Å². The molecule has 1 N–H and O–H groups in total. The fraction of sp³-hybridized carbons (Fsp3) is 0.133. The Morgan fingerprint density at radius 3 is 2.58 bits per heavy atom. The zero-order valence-electron chi connectivity index (χ0n) is 10.0. The molecule has 0 unspecified atom stereocenters. The highest BCUT2D eigenvalue weighted by atomic mass is 35.5. The van der Waals surface area contributed by atoms with Crippen LogP contribution in [0.5, 0.6) is 0 Å². The first-order valence-corrected chi connectivity index (χ1v) is 6.17. The van der Waals surface area contributed by atoms with Crippen molar-refractivity contribution >= 4 is 17.6 Å². The molecule has 1 atom stereocenters. The van der Waals surface area contributed by atoms with Crippen LogP contribution in [0.2, 0.25) is 5.02 Å². The number of hydrogen-bond donors (Lipinski definition) is 1. The summed E-state index contributed by atoms with van der Waals surface area (Å²) >= 11 is 5.87. The van der Waals surface area contributed by atoms with Gasteiger partial charge >= 0.3 is 5.97 Å². The van der Waals surface area contributed by atoms with Crippen molar-refractivity contribution in [2.24, 2.45) is 0 Å². The van der Waals surface area contributed by atoms with Gasteiger partial charge in [0.25, 0.3) is 0 Å². The summed E-state index contributed by atoms with van der Waals surface area (Å²) in [5.74, 6) is -2.20. The maximum absolute atomic E-state index is 13.2. The molecule has 2 nitrogen and oxygen atoms in total. The lowest BCUT2D eigenvalue weighted by Crippen LogP contribution is -2.14. The molecular weight excluding hydrogens is 267 g/mol. The third kappa shape index (κ3) is 3.55. The first-order chi connectivity index (χ1) is 9.06. The average Bonchev–Trinajstić information content (AvgIpc) is 2.35. The molecule has 0 aliphatic rings. The molecule has 2 rings (SSSR count). The Kier molecular flexibility index (Phi) is 4.17. The number of hydrogen-bond acceptors (Lipinski definition) is 1. The van der Waals surface area contributed by atoms with Crippen molar-refractivity contribution in [3.63, 3.8) is 0 Å². The van der Waals surface area contributed by atoms with Gasteiger partial charge < -0.3 is 5.11 Å². The second-order valence-corrected chi connectivity index (χ2v) is 4.72. The van der Waals surface area contributed by atoms with E-state index in [0.29, 0.717) is 10.6 Å². The highest BCUT2D eigenvalue weighted by molar-refractivity contribution is 6.30. The van der Waals surface area contributed by atoms with Crippen molar-refractivity contribution < 1.29 is 14.3 Å². The van der Waals surface area contributed by atoms with Crippen LogP contribution in [0.4, 0.5) is 4.39 Å². The van der Waals surface area contributed by atoms with Crippen molar-refractivity contribution in [1.29, 1.82) is 0 Å². The van der Waals surface area contributed by atoms with Crippen LogP contribution >= 0.6 is 11.6 Å². The standard InChI is InChI=1S/C15H12ClFO2/c16-12-5-1-3-10(7-12)8-14(15(18)19)11-4-2-6-13(17)9-11/h1-7,9,14H,8H2,(H,18,19)/t14-/m1/s1. The number of rotatable bonds is 4. The molecule has 0 fully saturated rings. The quantitative estimate of drug-likeness (QED) is 0.921. The Bertz CT molecular complexity index is 598. The minimum Gasteiger partial charge on any atom is -0.481 e. The zero-order chi connectivity index (χ0) is 13.8. The van der Waals surface area contributed by atoms with Gasteiger partial charge in [0.1, 0.15) is 5.82 Å². The number of halogens is 2. The first-order valence-electron chi connectivity index (χ1n) is 5.79. The highest BCUT2D eigenvalue weighted by Crippen LogP contribution is 2.23. The maximum Gasteiger partial charge on any atom is 0.311 e. The molecule has 0 aromatic heterocycles. The summed E-state index contributed by atoms with van der Waals surface area (Å²) in [5.41, 5.74) is 1.26. The van der Waals surface area contributed by atoms with E-state index in [1.807, 2.05) is 0 Å². The third-order valence-electron chi connectivity index (χ3n) is 2.88. The molecule has 0 aliphatic heterocycles. The van der Waals surface area contributed by atoms with Gasteiger partial charge in [0.15, 0.2) is 0 Å². The lowest BCUT2D eigenvalue weighted by atomic mass is 9.92. The summed E-state index contributed by atoms with van der Waals surface area (Å²) in [5, 5.41) is 9.85. The summed E-state index contributed by atoms with van der Waals surface area (Å²) in [6.07, 6.45) is 0.277. The Labute approximate surface area is 115 Å². The highest BCUT2D eigenvalue weighted by Gasteiger charge is 2.20. The molecule has 19 heavy (non-hydrogen) atoms. The number of carboxylic acids is 1. The Balaban J connectivity index is 2.29. The van der Waals surface area contributed by atoms with Crippen LogP contribution in [0.25, 0.3) is 0 Å². The molecule has 2 aromatic rings. The van der Waals surface area contributed by atoms with Gasteiger partial charge in [-0.1, -0.05) is 35.9 Å². The van der Waals surface area contributed by atoms with Gasteiger partial charge in [-0.15, -0.1) is 0 Å². The minimum absolute atomic E-state index is 0.277. The van der Waals surface area contributed by atoms with Crippen molar-refractivity contribution in [3.05, 3.63) is 70.5 Å². The van der Waals surface area contributed by atoms with E-state index in [1.165, 1.54) is 18.2 Å². The van der Waals surface area contributed by atoms with Crippen LogP contribution in [-0.4, -0.2) is 11.1 Å². The van der Waals surface area contributed by atoms with Gasteiger partial charge in [-0.2, -0.15) is 0 Å². The Hall–Kier alpha value is -1.87. The third-order valence-corrected chi connectivity index (χ3v) is 3.11. The molecule has 0 spiro atoms. The number of aliphatic carboxylic acids is 1. The predicted molar refractivity (Wildman–Crippen MR) is 71.9 cm³/mol. The second-order valence-electron chi connectivity index (χ2n) is 4.28. The SMILES string of the molecule is O=C(O)[C@H](Cc1cccc(Cl)c1)c1cccc(F)c1. The van der Waals surface area contributed by atoms with E-state index in [4.69, 9.17) is 11.6 Å².